The zero-order valence-electron chi connectivity index (χ0n) is 13.9. The summed E-state index contributed by atoms with van der Waals surface area (Å²) in [7, 11) is 2.01. The van der Waals surface area contributed by atoms with Crippen LogP contribution in [0.2, 0.25) is 5.02 Å². The summed E-state index contributed by atoms with van der Waals surface area (Å²) >= 11 is 5.94. The van der Waals surface area contributed by atoms with Crippen LogP contribution in [-0.2, 0) is 0 Å². The van der Waals surface area contributed by atoms with Crippen LogP contribution in [0.5, 0.6) is 0 Å². The number of halogens is 2. The van der Waals surface area contributed by atoms with Crippen molar-refractivity contribution in [1.29, 1.82) is 0 Å². The monoisotopic (exact) mass is 362 g/mol. The van der Waals surface area contributed by atoms with E-state index < -0.39 is 11.7 Å². The molecule has 1 aromatic heterocycles. The van der Waals surface area contributed by atoms with Crippen molar-refractivity contribution in [3.63, 3.8) is 0 Å². The second-order valence-electron chi connectivity index (χ2n) is 6.05. The largest absolute Gasteiger partial charge is 0.357 e. The summed E-state index contributed by atoms with van der Waals surface area (Å²) in [4.78, 5) is 19.0. The average Bonchev–Trinajstić information content (AvgIpc) is 2.62. The number of nitrogens with one attached hydrogen (secondary N) is 2. The molecule has 1 saturated heterocycles. The Hall–Kier alpha value is -2.18. The van der Waals surface area contributed by atoms with Crippen molar-refractivity contribution in [3.8, 4) is 0 Å². The van der Waals surface area contributed by atoms with E-state index in [9.17, 15) is 9.18 Å². The molecule has 0 bridgehead atoms. The zero-order chi connectivity index (χ0) is 17.8. The quantitative estimate of drug-likeness (QED) is 0.876. The lowest BCUT2D eigenvalue weighted by atomic mass is 10.1. The van der Waals surface area contributed by atoms with Crippen LogP contribution < -0.4 is 15.5 Å². The molecule has 7 heteroatoms. The van der Waals surface area contributed by atoms with Crippen LogP contribution in [0.1, 0.15) is 23.2 Å². The van der Waals surface area contributed by atoms with E-state index in [4.69, 9.17) is 11.6 Å². The smallest absolute Gasteiger partial charge is 0.258 e. The van der Waals surface area contributed by atoms with Crippen LogP contribution in [0, 0.1) is 5.82 Å². The number of rotatable bonds is 4. The van der Waals surface area contributed by atoms with Crippen LogP contribution in [0.25, 0.3) is 0 Å². The first-order valence-electron chi connectivity index (χ1n) is 8.21. The first kappa shape index (κ1) is 17.6. The fourth-order valence-corrected chi connectivity index (χ4v) is 3.18. The maximum atomic E-state index is 13.1. The molecule has 3 rings (SSSR count). The molecule has 0 atom stereocenters. The Morgan fingerprint density at radius 3 is 2.80 bits per heavy atom. The molecule has 1 aromatic carbocycles. The molecule has 0 aliphatic carbocycles. The molecule has 1 amide bonds. The van der Waals surface area contributed by atoms with E-state index >= 15 is 0 Å². The number of benzene rings is 1. The highest BCUT2D eigenvalue weighted by Gasteiger charge is 2.19. The number of anilines is 2. The third kappa shape index (κ3) is 4.27. The molecule has 2 heterocycles. The lowest BCUT2D eigenvalue weighted by molar-refractivity contribution is 0.102. The van der Waals surface area contributed by atoms with Gasteiger partial charge in [0.25, 0.3) is 5.91 Å². The highest BCUT2D eigenvalue weighted by atomic mass is 35.5. The molecule has 1 fully saturated rings. The summed E-state index contributed by atoms with van der Waals surface area (Å²) in [5, 5.41) is 6.13. The van der Waals surface area contributed by atoms with E-state index in [0.717, 1.165) is 37.8 Å². The van der Waals surface area contributed by atoms with Crippen molar-refractivity contribution in [3.05, 3.63) is 52.8 Å². The first-order valence-corrected chi connectivity index (χ1v) is 8.59. The van der Waals surface area contributed by atoms with Gasteiger partial charge < -0.3 is 15.5 Å². The normalized spacial score (nSPS) is 15.0. The van der Waals surface area contributed by atoms with Crippen LogP contribution in [0.15, 0.2) is 36.4 Å². The van der Waals surface area contributed by atoms with Gasteiger partial charge in [-0.1, -0.05) is 17.7 Å². The Kier molecular flexibility index (Phi) is 5.50. The molecule has 0 saturated carbocycles. The molecule has 1 aliphatic rings. The van der Waals surface area contributed by atoms with Crippen molar-refractivity contribution in [2.75, 3.05) is 30.4 Å². The summed E-state index contributed by atoms with van der Waals surface area (Å²) in [5.41, 5.74) is 0.210. The number of hydrogen-bond acceptors (Lipinski definition) is 4. The summed E-state index contributed by atoms with van der Waals surface area (Å²) < 4.78 is 13.1. The fraction of sp³-hybridized carbons (Fsp3) is 0.333. The molecule has 1 aliphatic heterocycles. The second kappa shape index (κ2) is 7.80. The van der Waals surface area contributed by atoms with E-state index in [1.165, 1.54) is 12.1 Å². The second-order valence-corrected chi connectivity index (χ2v) is 6.46. The zero-order valence-corrected chi connectivity index (χ0v) is 14.7. The SMILES string of the molecule is CN(c1cccc(NC(=O)c2ccc(F)cc2Cl)n1)C1CCNCC1. The predicted octanol–water partition coefficient (Wildman–Crippen LogP) is 3.31. The molecular formula is C18H20ClFN4O. The van der Waals surface area contributed by atoms with Gasteiger partial charge in [-0.2, -0.15) is 0 Å². The molecule has 25 heavy (non-hydrogen) atoms. The minimum absolute atomic E-state index is 0.0699. The number of amides is 1. The lowest BCUT2D eigenvalue weighted by Crippen LogP contribution is -2.41. The lowest BCUT2D eigenvalue weighted by Gasteiger charge is -2.32. The third-order valence-corrected chi connectivity index (χ3v) is 4.68. The van der Waals surface area contributed by atoms with E-state index in [-0.39, 0.29) is 10.6 Å². The number of aromatic nitrogens is 1. The van der Waals surface area contributed by atoms with Gasteiger partial charge in [0.2, 0.25) is 0 Å². The van der Waals surface area contributed by atoms with Crippen LogP contribution >= 0.6 is 11.6 Å². The van der Waals surface area contributed by atoms with Gasteiger partial charge in [0.05, 0.1) is 10.6 Å². The highest BCUT2D eigenvalue weighted by molar-refractivity contribution is 6.34. The summed E-state index contributed by atoms with van der Waals surface area (Å²) in [6.07, 6.45) is 2.11. The molecule has 0 unspecified atom stereocenters. The molecule has 0 spiro atoms. The Bertz CT molecular complexity index is 764. The topological polar surface area (TPSA) is 57.3 Å². The van der Waals surface area contributed by atoms with E-state index in [1.54, 1.807) is 6.07 Å². The summed E-state index contributed by atoms with van der Waals surface area (Å²) in [6, 6.07) is 9.59. The Morgan fingerprint density at radius 1 is 1.32 bits per heavy atom. The van der Waals surface area contributed by atoms with Crippen molar-refractivity contribution < 1.29 is 9.18 Å². The average molecular weight is 363 g/mol. The van der Waals surface area contributed by atoms with E-state index in [2.05, 4.69) is 20.5 Å². The maximum Gasteiger partial charge on any atom is 0.258 e. The molecule has 2 N–H and O–H groups in total. The number of pyridine rings is 1. The van der Waals surface area contributed by atoms with Gasteiger partial charge in [-0.15, -0.1) is 0 Å². The number of carbonyl (C=O) groups is 1. The van der Waals surface area contributed by atoms with Crippen LogP contribution in [0.3, 0.4) is 0 Å². The Morgan fingerprint density at radius 2 is 2.08 bits per heavy atom. The fourth-order valence-electron chi connectivity index (χ4n) is 2.93. The maximum absolute atomic E-state index is 13.1. The Balaban J connectivity index is 1.73. The van der Waals surface area contributed by atoms with Gasteiger partial charge in [-0.3, -0.25) is 4.79 Å². The molecule has 2 aromatic rings. The number of carbonyl (C=O) groups excluding carboxylic acids is 1. The van der Waals surface area contributed by atoms with Crippen molar-refractivity contribution >= 4 is 29.1 Å². The van der Waals surface area contributed by atoms with Gasteiger partial charge in [-0.25, -0.2) is 9.37 Å². The Labute approximate surface area is 151 Å². The minimum Gasteiger partial charge on any atom is -0.357 e. The molecule has 5 nitrogen and oxygen atoms in total. The number of piperidine rings is 1. The minimum atomic E-state index is -0.481. The van der Waals surface area contributed by atoms with Crippen LogP contribution in [-0.4, -0.2) is 37.1 Å². The van der Waals surface area contributed by atoms with Crippen molar-refractivity contribution in [2.24, 2.45) is 0 Å². The summed E-state index contributed by atoms with van der Waals surface area (Å²) in [5.74, 6) is 0.336. The predicted molar refractivity (Wildman–Crippen MR) is 97.9 cm³/mol. The number of nitrogens with zero attached hydrogens (tertiary/aromatic N) is 2. The standard InChI is InChI=1S/C18H20ClFN4O/c1-24(13-7-9-21-10-8-13)17-4-2-3-16(22-17)23-18(25)14-6-5-12(20)11-15(14)19/h2-6,11,13,21H,7-10H2,1H3,(H,22,23,25). The van der Waals surface area contributed by atoms with Crippen molar-refractivity contribution in [2.45, 2.75) is 18.9 Å². The molecular weight excluding hydrogens is 343 g/mol. The van der Waals surface area contributed by atoms with Gasteiger partial charge in [0.1, 0.15) is 17.5 Å². The molecule has 0 radical (unpaired) electrons. The van der Waals surface area contributed by atoms with Gasteiger partial charge in [0.15, 0.2) is 0 Å². The third-order valence-electron chi connectivity index (χ3n) is 4.37. The van der Waals surface area contributed by atoms with Crippen molar-refractivity contribution in [1.82, 2.24) is 10.3 Å². The molecule has 132 valence electrons. The van der Waals surface area contributed by atoms with E-state index in [1.807, 2.05) is 19.2 Å². The van der Waals surface area contributed by atoms with Crippen LogP contribution in [0.4, 0.5) is 16.0 Å². The van der Waals surface area contributed by atoms with E-state index in [0.29, 0.717) is 11.9 Å². The van der Waals surface area contributed by atoms with Gasteiger partial charge in [-0.05, 0) is 56.3 Å². The summed E-state index contributed by atoms with van der Waals surface area (Å²) in [6.45, 7) is 1.99. The first-order chi connectivity index (χ1) is 12.0. The van der Waals surface area contributed by atoms with Gasteiger partial charge in [0, 0.05) is 13.1 Å². The van der Waals surface area contributed by atoms with Gasteiger partial charge >= 0.3 is 0 Å². The highest BCUT2D eigenvalue weighted by Crippen LogP contribution is 2.21. The number of hydrogen-bond donors (Lipinski definition) is 2.